The molecule has 1 heterocycles. The average Bonchev–Trinajstić information content (AvgIpc) is 2.82. The van der Waals surface area contributed by atoms with Crippen LogP contribution >= 0.6 is 0 Å². The Morgan fingerprint density at radius 3 is 2.23 bits per heavy atom. The van der Waals surface area contributed by atoms with Gasteiger partial charge in [0.1, 0.15) is 0 Å². The Kier molecular flexibility index (Phi) is 5.68. The SMILES string of the molecule is COc1cc2c(cc1OC)C(c1ccccc1)N(S(=O)(=O)c1ccc(C#N)cc1)CC2. The van der Waals surface area contributed by atoms with Gasteiger partial charge in [-0.1, -0.05) is 30.3 Å². The molecule has 0 radical (unpaired) electrons. The summed E-state index contributed by atoms with van der Waals surface area (Å²) in [4.78, 5) is 0.163. The van der Waals surface area contributed by atoms with Gasteiger partial charge < -0.3 is 9.47 Å². The van der Waals surface area contributed by atoms with E-state index < -0.39 is 16.1 Å². The van der Waals surface area contributed by atoms with E-state index in [4.69, 9.17) is 14.7 Å². The van der Waals surface area contributed by atoms with Crippen molar-refractivity contribution in [1.82, 2.24) is 4.31 Å². The van der Waals surface area contributed by atoms with Gasteiger partial charge in [-0.2, -0.15) is 9.57 Å². The molecule has 0 aromatic heterocycles. The third-order valence-corrected chi connectivity index (χ3v) is 7.41. The van der Waals surface area contributed by atoms with Gasteiger partial charge in [-0.05, 0) is 59.5 Å². The third-order valence-electron chi connectivity index (χ3n) is 5.53. The van der Waals surface area contributed by atoms with Crippen molar-refractivity contribution in [2.24, 2.45) is 0 Å². The van der Waals surface area contributed by atoms with Crippen LogP contribution < -0.4 is 9.47 Å². The zero-order valence-electron chi connectivity index (χ0n) is 17.3. The zero-order chi connectivity index (χ0) is 22.0. The molecule has 1 aliphatic rings. The van der Waals surface area contributed by atoms with Crippen molar-refractivity contribution >= 4 is 10.0 Å². The van der Waals surface area contributed by atoms with Crippen LogP contribution in [0.4, 0.5) is 0 Å². The average molecular weight is 435 g/mol. The van der Waals surface area contributed by atoms with Crippen LogP contribution in [0.15, 0.2) is 71.6 Å². The van der Waals surface area contributed by atoms with E-state index in [2.05, 4.69) is 0 Å². The smallest absolute Gasteiger partial charge is 0.243 e. The van der Waals surface area contributed by atoms with E-state index in [9.17, 15) is 8.42 Å². The summed E-state index contributed by atoms with van der Waals surface area (Å²) in [5, 5.41) is 9.04. The van der Waals surface area contributed by atoms with Crippen LogP contribution in [0, 0.1) is 11.3 Å². The summed E-state index contributed by atoms with van der Waals surface area (Å²) in [5.74, 6) is 1.18. The van der Waals surface area contributed by atoms with Crippen molar-refractivity contribution in [3.05, 3.63) is 89.0 Å². The molecule has 0 bridgehead atoms. The topological polar surface area (TPSA) is 79.6 Å². The molecule has 7 heteroatoms. The van der Waals surface area contributed by atoms with Gasteiger partial charge in [0, 0.05) is 6.54 Å². The molecule has 31 heavy (non-hydrogen) atoms. The molecule has 1 unspecified atom stereocenters. The highest BCUT2D eigenvalue weighted by atomic mass is 32.2. The monoisotopic (exact) mass is 434 g/mol. The Morgan fingerprint density at radius 1 is 0.968 bits per heavy atom. The summed E-state index contributed by atoms with van der Waals surface area (Å²) < 4.78 is 39.8. The number of nitrogens with zero attached hydrogens (tertiary/aromatic N) is 2. The minimum absolute atomic E-state index is 0.163. The molecule has 0 fully saturated rings. The number of hydrogen-bond acceptors (Lipinski definition) is 5. The first kappa shape index (κ1) is 20.9. The maximum absolute atomic E-state index is 13.6. The molecular weight excluding hydrogens is 412 g/mol. The number of hydrogen-bond donors (Lipinski definition) is 0. The van der Waals surface area contributed by atoms with Crippen molar-refractivity contribution in [1.29, 1.82) is 5.26 Å². The second-order valence-electron chi connectivity index (χ2n) is 7.22. The first-order valence-electron chi connectivity index (χ1n) is 9.81. The van der Waals surface area contributed by atoms with E-state index in [1.54, 1.807) is 14.2 Å². The Hall–Kier alpha value is -3.34. The lowest BCUT2D eigenvalue weighted by Gasteiger charge is -2.37. The lowest BCUT2D eigenvalue weighted by Crippen LogP contribution is -2.40. The molecular formula is C24H22N2O4S. The van der Waals surface area contributed by atoms with Gasteiger partial charge in [0.2, 0.25) is 10.0 Å². The van der Waals surface area contributed by atoms with Gasteiger partial charge >= 0.3 is 0 Å². The van der Waals surface area contributed by atoms with Crippen molar-refractivity contribution in [3.8, 4) is 17.6 Å². The van der Waals surface area contributed by atoms with Gasteiger partial charge in [0.25, 0.3) is 0 Å². The van der Waals surface area contributed by atoms with Crippen LogP contribution in [0.2, 0.25) is 0 Å². The second kappa shape index (κ2) is 8.42. The third kappa shape index (κ3) is 3.76. The van der Waals surface area contributed by atoms with Crippen LogP contribution in [0.3, 0.4) is 0 Å². The quantitative estimate of drug-likeness (QED) is 0.608. The number of rotatable bonds is 5. The van der Waals surface area contributed by atoms with E-state index in [0.717, 1.165) is 16.7 Å². The predicted octanol–water partition coefficient (Wildman–Crippen LogP) is 3.91. The highest BCUT2D eigenvalue weighted by Crippen LogP contribution is 2.43. The largest absolute Gasteiger partial charge is 0.493 e. The van der Waals surface area contributed by atoms with Gasteiger partial charge in [-0.3, -0.25) is 0 Å². The number of sulfonamides is 1. The fraction of sp³-hybridized carbons (Fsp3) is 0.208. The number of nitriles is 1. The van der Waals surface area contributed by atoms with E-state index in [0.29, 0.717) is 30.0 Å². The van der Waals surface area contributed by atoms with Crippen molar-refractivity contribution in [2.75, 3.05) is 20.8 Å². The summed E-state index contributed by atoms with van der Waals surface area (Å²) in [6, 6.07) is 20.9. The van der Waals surface area contributed by atoms with Crippen LogP contribution in [-0.2, 0) is 16.4 Å². The Morgan fingerprint density at radius 2 is 1.61 bits per heavy atom. The molecule has 3 aromatic carbocycles. The number of benzene rings is 3. The maximum Gasteiger partial charge on any atom is 0.243 e. The standard InChI is InChI=1S/C24H22N2O4S/c1-29-22-14-19-12-13-26(31(27,28)20-10-8-17(16-25)9-11-20)24(18-6-4-3-5-7-18)21(19)15-23(22)30-2/h3-11,14-15,24H,12-13H2,1-2H3. The van der Waals surface area contributed by atoms with E-state index in [1.807, 2.05) is 48.5 Å². The Balaban J connectivity index is 1.88. The summed E-state index contributed by atoms with van der Waals surface area (Å²) in [7, 11) is -0.658. The van der Waals surface area contributed by atoms with Crippen molar-refractivity contribution in [2.45, 2.75) is 17.4 Å². The Bertz CT molecular complexity index is 1230. The van der Waals surface area contributed by atoms with Gasteiger partial charge in [0.15, 0.2) is 11.5 Å². The lowest BCUT2D eigenvalue weighted by atomic mass is 9.89. The second-order valence-corrected chi connectivity index (χ2v) is 9.11. The highest BCUT2D eigenvalue weighted by molar-refractivity contribution is 7.89. The minimum Gasteiger partial charge on any atom is -0.493 e. The van der Waals surface area contributed by atoms with E-state index in [1.165, 1.54) is 28.6 Å². The molecule has 6 nitrogen and oxygen atoms in total. The fourth-order valence-electron chi connectivity index (χ4n) is 4.00. The Labute approximate surface area is 182 Å². The fourth-order valence-corrected chi connectivity index (χ4v) is 5.59. The normalized spacial score (nSPS) is 16.2. The summed E-state index contributed by atoms with van der Waals surface area (Å²) in [6.07, 6.45) is 0.550. The maximum atomic E-state index is 13.6. The van der Waals surface area contributed by atoms with Gasteiger partial charge in [-0.25, -0.2) is 8.42 Å². The lowest BCUT2D eigenvalue weighted by molar-refractivity contribution is 0.332. The van der Waals surface area contributed by atoms with Crippen LogP contribution in [0.1, 0.15) is 28.3 Å². The van der Waals surface area contributed by atoms with Gasteiger partial charge in [-0.15, -0.1) is 0 Å². The molecule has 1 atom stereocenters. The number of fused-ring (bicyclic) bond motifs is 1. The van der Waals surface area contributed by atoms with Crippen LogP contribution in [0.25, 0.3) is 0 Å². The zero-order valence-corrected chi connectivity index (χ0v) is 18.1. The minimum atomic E-state index is -3.81. The highest BCUT2D eigenvalue weighted by Gasteiger charge is 2.38. The van der Waals surface area contributed by atoms with E-state index >= 15 is 0 Å². The first-order chi connectivity index (χ1) is 15.0. The van der Waals surface area contributed by atoms with Gasteiger partial charge in [0.05, 0.1) is 36.8 Å². The molecule has 0 N–H and O–H groups in total. The summed E-state index contributed by atoms with van der Waals surface area (Å²) in [5.41, 5.74) is 3.18. The molecule has 0 aliphatic carbocycles. The molecule has 3 aromatic rings. The number of ether oxygens (including phenoxy) is 2. The predicted molar refractivity (Wildman–Crippen MR) is 117 cm³/mol. The molecule has 158 valence electrons. The molecule has 4 rings (SSSR count). The summed E-state index contributed by atoms with van der Waals surface area (Å²) >= 11 is 0. The number of methoxy groups -OCH3 is 2. The summed E-state index contributed by atoms with van der Waals surface area (Å²) in [6.45, 7) is 0.324. The molecule has 0 saturated heterocycles. The molecule has 0 spiro atoms. The van der Waals surface area contributed by atoms with E-state index in [-0.39, 0.29) is 4.90 Å². The molecule has 1 aliphatic heterocycles. The van der Waals surface area contributed by atoms with Crippen molar-refractivity contribution in [3.63, 3.8) is 0 Å². The molecule has 0 saturated carbocycles. The van der Waals surface area contributed by atoms with Crippen LogP contribution in [0.5, 0.6) is 11.5 Å². The van der Waals surface area contributed by atoms with Crippen LogP contribution in [-0.4, -0.2) is 33.5 Å². The molecule has 0 amide bonds. The van der Waals surface area contributed by atoms with Crippen molar-refractivity contribution < 1.29 is 17.9 Å². The first-order valence-corrected chi connectivity index (χ1v) is 11.3.